The van der Waals surface area contributed by atoms with Crippen LogP contribution >= 0.6 is 0 Å². The van der Waals surface area contributed by atoms with Crippen LogP contribution in [-0.2, 0) is 28.5 Å². The molecule has 1 fully saturated rings. The van der Waals surface area contributed by atoms with Crippen LogP contribution in [0.4, 0.5) is 0 Å². The monoisotopic (exact) mass is 442 g/mol. The van der Waals surface area contributed by atoms with Crippen molar-refractivity contribution in [3.05, 3.63) is 71.8 Å². The third-order valence-corrected chi connectivity index (χ3v) is 5.20. The molecule has 0 aliphatic carbocycles. The maximum Gasteiger partial charge on any atom is 0.225 e. The van der Waals surface area contributed by atoms with Crippen LogP contribution in [0.1, 0.15) is 36.1 Å². The highest BCUT2D eigenvalue weighted by Gasteiger charge is 2.25. The highest BCUT2D eigenvalue weighted by atomic mass is 16.7. The highest BCUT2D eigenvalue weighted by Crippen LogP contribution is 2.19. The van der Waals surface area contributed by atoms with E-state index in [0.29, 0.717) is 0 Å². The second kappa shape index (κ2) is 12.3. The minimum atomic E-state index is -0.759. The lowest BCUT2D eigenvalue weighted by Gasteiger charge is -2.27. The SMILES string of the molecule is CO[C@@H]1CC(=O)N[C@H](c2ccccc2)CO[C@H](OC)CC(=O)N[C@H](c2ccccc2)CO1. The topological polar surface area (TPSA) is 95.1 Å². The van der Waals surface area contributed by atoms with Gasteiger partial charge in [0.25, 0.3) is 0 Å². The lowest BCUT2D eigenvalue weighted by molar-refractivity contribution is -0.160. The summed E-state index contributed by atoms with van der Waals surface area (Å²) in [6.45, 7) is 0.282. The molecule has 1 heterocycles. The molecule has 2 aromatic rings. The first-order chi connectivity index (χ1) is 15.6. The Balaban J connectivity index is 1.80. The van der Waals surface area contributed by atoms with Crippen molar-refractivity contribution in [2.45, 2.75) is 37.5 Å². The number of rotatable bonds is 4. The van der Waals surface area contributed by atoms with E-state index in [4.69, 9.17) is 18.9 Å². The molecule has 1 saturated heterocycles. The van der Waals surface area contributed by atoms with Crippen LogP contribution in [0.15, 0.2) is 60.7 Å². The largest absolute Gasteiger partial charge is 0.355 e. The Hall–Kier alpha value is -2.78. The van der Waals surface area contributed by atoms with E-state index in [0.717, 1.165) is 11.1 Å². The lowest BCUT2D eigenvalue weighted by Crippen LogP contribution is -2.39. The summed E-state index contributed by atoms with van der Waals surface area (Å²) in [5.41, 5.74) is 1.76. The molecule has 0 bridgehead atoms. The Bertz CT molecular complexity index is 777. The molecular formula is C24H30N2O6. The van der Waals surface area contributed by atoms with Gasteiger partial charge in [-0.1, -0.05) is 60.7 Å². The van der Waals surface area contributed by atoms with Gasteiger partial charge in [-0.2, -0.15) is 0 Å². The van der Waals surface area contributed by atoms with E-state index in [1.165, 1.54) is 14.2 Å². The zero-order valence-electron chi connectivity index (χ0n) is 18.4. The molecule has 0 spiro atoms. The van der Waals surface area contributed by atoms with Crippen LogP contribution in [0.5, 0.6) is 0 Å². The van der Waals surface area contributed by atoms with E-state index in [1.54, 1.807) is 0 Å². The van der Waals surface area contributed by atoms with Crippen molar-refractivity contribution >= 4 is 11.8 Å². The van der Waals surface area contributed by atoms with E-state index >= 15 is 0 Å². The Morgan fingerprint density at radius 3 is 1.41 bits per heavy atom. The molecule has 0 radical (unpaired) electrons. The molecule has 2 N–H and O–H groups in total. The number of hydrogen-bond donors (Lipinski definition) is 2. The Labute approximate surface area is 188 Å². The van der Waals surface area contributed by atoms with Crippen molar-refractivity contribution in [2.24, 2.45) is 0 Å². The van der Waals surface area contributed by atoms with Crippen LogP contribution in [0, 0.1) is 0 Å². The first kappa shape index (κ1) is 23.9. The quantitative estimate of drug-likeness (QED) is 0.756. The number of carbonyl (C=O) groups is 2. The normalized spacial score (nSPS) is 25.9. The Morgan fingerprint density at radius 2 is 1.06 bits per heavy atom. The van der Waals surface area contributed by atoms with Gasteiger partial charge in [-0.05, 0) is 11.1 Å². The molecule has 3 rings (SSSR count). The minimum Gasteiger partial charge on any atom is -0.355 e. The average molecular weight is 443 g/mol. The molecule has 2 amide bonds. The maximum atomic E-state index is 12.7. The van der Waals surface area contributed by atoms with Gasteiger partial charge < -0.3 is 29.6 Å². The summed E-state index contributed by atoms with van der Waals surface area (Å²) in [6, 6.07) is 18.1. The number of carbonyl (C=O) groups excluding carboxylic acids is 2. The summed E-state index contributed by atoms with van der Waals surface area (Å²) in [4.78, 5) is 25.5. The highest BCUT2D eigenvalue weighted by molar-refractivity contribution is 5.77. The van der Waals surface area contributed by atoms with Crippen molar-refractivity contribution in [3.63, 3.8) is 0 Å². The van der Waals surface area contributed by atoms with Crippen LogP contribution in [0.2, 0.25) is 0 Å². The van der Waals surface area contributed by atoms with E-state index < -0.39 is 24.7 Å². The number of ether oxygens (including phenoxy) is 4. The van der Waals surface area contributed by atoms with Crippen LogP contribution in [0.3, 0.4) is 0 Å². The van der Waals surface area contributed by atoms with Gasteiger partial charge in [0.15, 0.2) is 12.6 Å². The molecule has 1 aliphatic heterocycles. The molecule has 0 saturated carbocycles. The van der Waals surface area contributed by atoms with Crippen LogP contribution in [0.25, 0.3) is 0 Å². The van der Waals surface area contributed by atoms with Crippen molar-refractivity contribution in [3.8, 4) is 0 Å². The predicted molar refractivity (Wildman–Crippen MR) is 117 cm³/mol. The molecule has 4 atom stereocenters. The van der Waals surface area contributed by atoms with Gasteiger partial charge in [0.2, 0.25) is 11.8 Å². The predicted octanol–water partition coefficient (Wildman–Crippen LogP) is 2.47. The third kappa shape index (κ3) is 7.13. The maximum absolute atomic E-state index is 12.7. The molecule has 172 valence electrons. The van der Waals surface area contributed by atoms with E-state index in [-0.39, 0.29) is 37.9 Å². The summed E-state index contributed by atoms with van der Waals surface area (Å²) in [6.07, 6.45) is -1.51. The fraction of sp³-hybridized carbons (Fsp3) is 0.417. The molecule has 0 aromatic heterocycles. The van der Waals surface area contributed by atoms with Crippen molar-refractivity contribution in [2.75, 3.05) is 27.4 Å². The van der Waals surface area contributed by atoms with Crippen molar-refractivity contribution < 1.29 is 28.5 Å². The summed E-state index contributed by atoms with van der Waals surface area (Å²) >= 11 is 0. The average Bonchev–Trinajstić information content (AvgIpc) is 2.83. The molecule has 0 unspecified atom stereocenters. The Kier molecular flexibility index (Phi) is 9.18. The van der Waals surface area contributed by atoms with E-state index in [2.05, 4.69) is 10.6 Å². The zero-order chi connectivity index (χ0) is 22.8. The second-order valence-corrected chi connectivity index (χ2v) is 7.47. The minimum absolute atomic E-state index is 0.00297. The summed E-state index contributed by atoms with van der Waals surface area (Å²) in [5, 5.41) is 5.94. The van der Waals surface area contributed by atoms with Gasteiger partial charge in [0.1, 0.15) is 0 Å². The fourth-order valence-electron chi connectivity index (χ4n) is 3.45. The number of benzene rings is 2. The summed E-state index contributed by atoms with van der Waals surface area (Å²) in [5.74, 6) is -0.471. The lowest BCUT2D eigenvalue weighted by atomic mass is 10.1. The molecule has 8 heteroatoms. The second-order valence-electron chi connectivity index (χ2n) is 7.47. The van der Waals surface area contributed by atoms with Crippen LogP contribution in [-0.4, -0.2) is 51.8 Å². The first-order valence-corrected chi connectivity index (χ1v) is 10.6. The number of amides is 2. The molecule has 32 heavy (non-hydrogen) atoms. The molecular weight excluding hydrogens is 412 g/mol. The smallest absolute Gasteiger partial charge is 0.225 e. The van der Waals surface area contributed by atoms with Gasteiger partial charge in [0.05, 0.1) is 38.1 Å². The summed E-state index contributed by atoms with van der Waals surface area (Å²) in [7, 11) is 2.97. The third-order valence-electron chi connectivity index (χ3n) is 5.20. The van der Waals surface area contributed by atoms with Crippen molar-refractivity contribution in [1.29, 1.82) is 0 Å². The van der Waals surface area contributed by atoms with Gasteiger partial charge in [-0.25, -0.2) is 0 Å². The molecule has 8 nitrogen and oxygen atoms in total. The molecule has 2 aromatic carbocycles. The number of nitrogens with one attached hydrogen (secondary N) is 2. The first-order valence-electron chi connectivity index (χ1n) is 10.6. The Morgan fingerprint density at radius 1 is 0.688 bits per heavy atom. The number of methoxy groups -OCH3 is 2. The van der Waals surface area contributed by atoms with E-state index in [1.807, 2.05) is 60.7 Å². The van der Waals surface area contributed by atoms with Gasteiger partial charge in [-0.3, -0.25) is 9.59 Å². The van der Waals surface area contributed by atoms with Gasteiger partial charge in [-0.15, -0.1) is 0 Å². The van der Waals surface area contributed by atoms with Gasteiger partial charge >= 0.3 is 0 Å². The van der Waals surface area contributed by atoms with Crippen molar-refractivity contribution in [1.82, 2.24) is 10.6 Å². The summed E-state index contributed by atoms with van der Waals surface area (Å²) < 4.78 is 22.4. The zero-order valence-corrected chi connectivity index (χ0v) is 18.4. The van der Waals surface area contributed by atoms with E-state index in [9.17, 15) is 9.59 Å². The standard InChI is InChI=1S/C24H30N2O6/c1-29-23-13-21(27)25-20(18-11-7-4-8-12-18)16-32-24(30-2)14-22(28)26-19(15-31-23)17-9-5-3-6-10-17/h3-12,19-20,23-24H,13-16H2,1-2H3,(H,25,27)(H,26,28)/t19-,20-,23-,24-/m0/s1. The van der Waals surface area contributed by atoms with Crippen LogP contribution < -0.4 is 10.6 Å². The number of hydrogen-bond acceptors (Lipinski definition) is 6. The molecule has 1 aliphatic rings. The fourth-order valence-corrected chi connectivity index (χ4v) is 3.45. The van der Waals surface area contributed by atoms with Gasteiger partial charge in [0, 0.05) is 14.2 Å².